The molecule has 1 fully saturated rings. The Morgan fingerprint density at radius 3 is 2.15 bits per heavy atom. The van der Waals surface area contributed by atoms with Gasteiger partial charge in [-0.1, -0.05) is 48.5 Å². The summed E-state index contributed by atoms with van der Waals surface area (Å²) < 4.78 is 0. The van der Waals surface area contributed by atoms with E-state index in [0.717, 1.165) is 30.3 Å². The zero-order chi connectivity index (χ0) is 19.6. The second kappa shape index (κ2) is 9.76. The van der Waals surface area contributed by atoms with Gasteiger partial charge in [-0.05, 0) is 11.6 Å². The van der Waals surface area contributed by atoms with Crippen LogP contribution in [0.3, 0.4) is 0 Å². The average Bonchev–Trinajstić information content (AvgIpc) is 3.06. The number of guanidine groups is 1. The Morgan fingerprint density at radius 1 is 1.00 bits per heavy atom. The number of hydrogen-bond acceptors (Lipinski definition) is 3. The smallest absolute Gasteiger partial charge is 0.328 e. The third-order valence-corrected chi connectivity index (χ3v) is 3.68. The fraction of sp³-hybridized carbons (Fsp3) is 0.150. The van der Waals surface area contributed by atoms with Gasteiger partial charge in [-0.2, -0.15) is 0 Å². The Hall–Kier alpha value is -3.61. The van der Waals surface area contributed by atoms with Crippen molar-refractivity contribution >= 4 is 23.6 Å². The van der Waals surface area contributed by atoms with E-state index >= 15 is 0 Å². The number of benzene rings is 2. The minimum absolute atomic E-state index is 0.558. The molecule has 2 aromatic rings. The topological polar surface area (TPSA) is 102 Å². The van der Waals surface area contributed by atoms with Crippen LogP contribution >= 0.6 is 0 Å². The van der Waals surface area contributed by atoms with Gasteiger partial charge in [0.1, 0.15) is 0 Å². The van der Waals surface area contributed by atoms with E-state index in [-0.39, 0.29) is 0 Å². The number of nitrogens with zero attached hydrogens (tertiary/aromatic N) is 2. The van der Waals surface area contributed by atoms with E-state index in [0.29, 0.717) is 12.2 Å². The maximum absolute atomic E-state index is 9.55. The van der Waals surface area contributed by atoms with Crippen LogP contribution in [0.2, 0.25) is 0 Å². The van der Waals surface area contributed by atoms with Crippen LogP contribution in [0.4, 0.5) is 5.69 Å². The van der Waals surface area contributed by atoms with E-state index in [1.165, 1.54) is 5.56 Å². The molecule has 3 N–H and O–H groups in total. The highest BCUT2D eigenvalue weighted by Crippen LogP contribution is 2.30. The molecular weight excluding hydrogens is 346 g/mol. The molecule has 1 aliphatic rings. The molecule has 1 aliphatic heterocycles. The lowest BCUT2D eigenvalue weighted by molar-refractivity contribution is -0.134. The van der Waals surface area contributed by atoms with Gasteiger partial charge in [0.2, 0.25) is 0 Å². The zero-order valence-electron chi connectivity index (χ0n) is 14.9. The van der Waals surface area contributed by atoms with Crippen LogP contribution in [0.25, 0.3) is 11.1 Å². The third-order valence-electron chi connectivity index (χ3n) is 3.68. The molecule has 27 heavy (non-hydrogen) atoms. The summed E-state index contributed by atoms with van der Waals surface area (Å²) in [6.45, 7) is 1.97. The average molecular weight is 367 g/mol. The summed E-state index contributed by atoms with van der Waals surface area (Å²) in [5.41, 5.74) is 3.37. The Bertz CT molecular complexity index is 831. The predicted octanol–water partition coefficient (Wildman–Crippen LogP) is 2.59. The zero-order valence-corrected chi connectivity index (χ0v) is 14.9. The fourth-order valence-electron chi connectivity index (χ4n) is 2.39. The molecule has 0 aromatic heterocycles. The van der Waals surface area contributed by atoms with Crippen LogP contribution in [-0.2, 0) is 9.59 Å². The first-order valence-electron chi connectivity index (χ1n) is 8.29. The summed E-state index contributed by atoms with van der Waals surface area (Å²) in [6, 6.07) is 18.6. The van der Waals surface area contributed by atoms with E-state index in [9.17, 15) is 9.59 Å². The van der Waals surface area contributed by atoms with Crippen LogP contribution in [0.1, 0.15) is 0 Å². The molecule has 7 nitrogen and oxygen atoms in total. The minimum atomic E-state index is -1.26. The first-order valence-corrected chi connectivity index (χ1v) is 8.29. The Kier molecular flexibility index (Phi) is 7.13. The molecule has 0 radical (unpaired) electrons. The fourth-order valence-corrected chi connectivity index (χ4v) is 2.39. The maximum atomic E-state index is 9.55. The van der Waals surface area contributed by atoms with Crippen LogP contribution in [-0.4, -0.2) is 53.1 Å². The Balaban J connectivity index is 0.000000279. The van der Waals surface area contributed by atoms with E-state index in [4.69, 9.17) is 15.2 Å². The molecule has 140 valence electrons. The lowest BCUT2D eigenvalue weighted by Crippen LogP contribution is -2.25. The van der Waals surface area contributed by atoms with Gasteiger partial charge in [0.25, 0.3) is 0 Å². The highest BCUT2D eigenvalue weighted by Gasteiger charge is 2.14. The van der Waals surface area contributed by atoms with Crippen molar-refractivity contribution in [3.05, 3.63) is 66.7 Å². The lowest BCUT2D eigenvalue weighted by atomic mass is 10.0. The first kappa shape index (κ1) is 19.7. The molecular formula is C20H21N3O4. The standard InChI is InChI=1S/C16H17N3.C4H4O4/c1-19-12-11-17-16(19)18-15-10-6-5-9-14(15)13-7-3-2-4-8-13;5-3(6)1-2-4(7)8/h2-10H,11-12H2,1H3,(H,17,18);1-2H,(H,5,6)(H,7,8). The van der Waals surface area contributed by atoms with Gasteiger partial charge < -0.3 is 20.4 Å². The molecule has 0 spiro atoms. The van der Waals surface area contributed by atoms with Gasteiger partial charge in [0, 0.05) is 37.9 Å². The van der Waals surface area contributed by atoms with E-state index in [2.05, 4.69) is 59.7 Å². The summed E-state index contributed by atoms with van der Waals surface area (Å²) >= 11 is 0. The first-order chi connectivity index (χ1) is 13.0. The van der Waals surface area contributed by atoms with Gasteiger partial charge in [-0.15, -0.1) is 0 Å². The number of aliphatic imine (C=N–C) groups is 1. The second-order valence-electron chi connectivity index (χ2n) is 5.68. The summed E-state index contributed by atoms with van der Waals surface area (Å²) in [5.74, 6) is -1.57. The summed E-state index contributed by atoms with van der Waals surface area (Å²) in [5, 5.41) is 18.9. The SMILES string of the molecule is CN1CCNC1=Nc1ccccc1-c1ccccc1.O=C(O)C=CC(=O)O. The number of nitrogens with one attached hydrogen (secondary N) is 1. The van der Waals surface area contributed by atoms with Crippen molar-refractivity contribution in [1.82, 2.24) is 10.2 Å². The normalized spacial score (nSPS) is 14.6. The van der Waals surface area contributed by atoms with E-state index < -0.39 is 11.9 Å². The highest BCUT2D eigenvalue weighted by molar-refractivity contribution is 5.89. The molecule has 1 heterocycles. The molecule has 0 saturated carbocycles. The Labute approximate surface area is 157 Å². The Morgan fingerprint density at radius 2 is 1.59 bits per heavy atom. The molecule has 0 aliphatic carbocycles. The number of carbonyl (C=O) groups is 2. The number of rotatable bonds is 4. The van der Waals surface area contributed by atoms with E-state index in [1.807, 2.05) is 12.1 Å². The van der Waals surface area contributed by atoms with Gasteiger partial charge >= 0.3 is 11.9 Å². The lowest BCUT2D eigenvalue weighted by Gasteiger charge is -2.11. The van der Waals surface area contributed by atoms with Gasteiger partial charge in [-0.3, -0.25) is 0 Å². The molecule has 0 amide bonds. The van der Waals surface area contributed by atoms with Crippen molar-refractivity contribution in [2.45, 2.75) is 0 Å². The number of likely N-dealkylation sites (N-methyl/N-ethyl adjacent to an activating group) is 1. The van der Waals surface area contributed by atoms with Crippen LogP contribution in [0.15, 0.2) is 71.7 Å². The number of aliphatic carboxylic acids is 2. The minimum Gasteiger partial charge on any atom is -0.478 e. The summed E-state index contributed by atoms with van der Waals surface area (Å²) in [6.07, 6.45) is 1.12. The monoisotopic (exact) mass is 367 g/mol. The van der Waals surface area contributed by atoms with E-state index in [1.54, 1.807) is 0 Å². The molecule has 3 rings (SSSR count). The van der Waals surface area contributed by atoms with Crippen molar-refractivity contribution in [1.29, 1.82) is 0 Å². The van der Waals surface area contributed by atoms with Gasteiger partial charge in [0.05, 0.1) is 5.69 Å². The quantitative estimate of drug-likeness (QED) is 0.718. The maximum Gasteiger partial charge on any atom is 0.328 e. The van der Waals surface area contributed by atoms with Crippen LogP contribution < -0.4 is 5.32 Å². The highest BCUT2D eigenvalue weighted by atomic mass is 16.4. The molecule has 1 saturated heterocycles. The van der Waals surface area contributed by atoms with Crippen molar-refractivity contribution in [2.24, 2.45) is 4.99 Å². The van der Waals surface area contributed by atoms with Gasteiger partial charge in [0.15, 0.2) is 5.96 Å². The van der Waals surface area contributed by atoms with Crippen molar-refractivity contribution in [3.63, 3.8) is 0 Å². The van der Waals surface area contributed by atoms with Crippen molar-refractivity contribution < 1.29 is 19.8 Å². The van der Waals surface area contributed by atoms with Crippen molar-refractivity contribution in [3.8, 4) is 11.1 Å². The largest absolute Gasteiger partial charge is 0.478 e. The number of carboxylic acid groups (broad SMARTS) is 2. The number of para-hydroxylation sites is 1. The van der Waals surface area contributed by atoms with Crippen LogP contribution in [0.5, 0.6) is 0 Å². The molecule has 2 aromatic carbocycles. The molecule has 7 heteroatoms. The molecule has 0 unspecified atom stereocenters. The van der Waals surface area contributed by atoms with Crippen molar-refractivity contribution in [2.75, 3.05) is 20.1 Å². The third kappa shape index (κ3) is 6.32. The molecule has 0 atom stereocenters. The number of carboxylic acids is 2. The van der Waals surface area contributed by atoms with Gasteiger partial charge in [-0.25, -0.2) is 14.6 Å². The molecule has 0 bridgehead atoms. The predicted molar refractivity (Wildman–Crippen MR) is 104 cm³/mol. The summed E-state index contributed by atoms with van der Waals surface area (Å²) in [4.78, 5) is 26.0. The summed E-state index contributed by atoms with van der Waals surface area (Å²) in [7, 11) is 2.06. The van der Waals surface area contributed by atoms with Crippen LogP contribution in [0, 0.1) is 0 Å². The second-order valence-corrected chi connectivity index (χ2v) is 5.68. The number of hydrogen-bond donors (Lipinski definition) is 3.